The molecule has 0 aliphatic carbocycles. The topological polar surface area (TPSA) is 107 Å². The van der Waals surface area contributed by atoms with E-state index >= 15 is 0 Å². The Morgan fingerprint density at radius 2 is 1.75 bits per heavy atom. The Morgan fingerprint density at radius 1 is 1.08 bits per heavy atom. The van der Waals surface area contributed by atoms with E-state index < -0.39 is 27.8 Å². The highest BCUT2D eigenvalue weighted by Crippen LogP contribution is 2.40. The summed E-state index contributed by atoms with van der Waals surface area (Å²) in [6.07, 6.45) is 0. The molecule has 2 aliphatic heterocycles. The summed E-state index contributed by atoms with van der Waals surface area (Å²) in [5, 5.41) is 11.2. The maximum atomic E-state index is 13.2. The normalized spacial score (nSPS) is 20.9. The second-order valence-electron chi connectivity index (χ2n) is 8.81. The number of ketones is 1. The lowest BCUT2D eigenvalue weighted by atomic mass is 9.95. The third-order valence-corrected chi connectivity index (χ3v) is 8.69. The Hall–Kier alpha value is -2.57. The number of hydrogen-bond donors (Lipinski definition) is 1. The van der Waals surface area contributed by atoms with Crippen molar-refractivity contribution in [2.75, 3.05) is 53.5 Å². The summed E-state index contributed by atoms with van der Waals surface area (Å²) in [6, 6.07) is 12.1. The molecule has 2 heterocycles. The molecule has 0 saturated carbocycles. The third-order valence-electron chi connectivity index (χ3n) is 6.37. The second kappa shape index (κ2) is 10.8. The maximum absolute atomic E-state index is 13.2. The minimum Gasteiger partial charge on any atom is -0.507 e. The summed E-state index contributed by atoms with van der Waals surface area (Å²) >= 11 is 3.45. The molecule has 0 spiro atoms. The molecule has 1 amide bonds. The number of morpholine rings is 1. The van der Waals surface area contributed by atoms with Crippen LogP contribution < -0.4 is 0 Å². The van der Waals surface area contributed by atoms with Crippen LogP contribution in [0, 0.1) is 0 Å². The van der Waals surface area contributed by atoms with Gasteiger partial charge in [0.2, 0.25) is 10.0 Å². The van der Waals surface area contributed by atoms with Gasteiger partial charge in [-0.1, -0.05) is 28.1 Å². The highest BCUT2D eigenvalue weighted by molar-refractivity contribution is 9.10. The van der Waals surface area contributed by atoms with E-state index in [1.165, 1.54) is 43.3 Å². The molecule has 36 heavy (non-hydrogen) atoms. The number of Topliss-reactive ketones (excluding diaryl/α,β-unsaturated/α-hetero) is 1. The van der Waals surface area contributed by atoms with E-state index in [4.69, 9.17) is 4.74 Å². The van der Waals surface area contributed by atoms with Gasteiger partial charge in [-0.15, -0.1) is 0 Å². The van der Waals surface area contributed by atoms with Crippen LogP contribution in [0.5, 0.6) is 0 Å². The number of rotatable bonds is 7. The molecule has 2 aromatic carbocycles. The molecule has 0 aromatic heterocycles. The van der Waals surface area contributed by atoms with Crippen LogP contribution in [0.15, 0.2) is 63.5 Å². The molecule has 0 bridgehead atoms. The van der Waals surface area contributed by atoms with E-state index in [-0.39, 0.29) is 21.8 Å². The van der Waals surface area contributed by atoms with E-state index in [2.05, 4.69) is 20.8 Å². The maximum Gasteiger partial charge on any atom is 0.295 e. The summed E-state index contributed by atoms with van der Waals surface area (Å²) in [4.78, 5) is 30.1. The van der Waals surface area contributed by atoms with E-state index in [1.54, 1.807) is 0 Å². The van der Waals surface area contributed by atoms with Crippen LogP contribution in [0.4, 0.5) is 0 Å². The van der Waals surface area contributed by atoms with Crippen LogP contribution in [0.2, 0.25) is 0 Å². The van der Waals surface area contributed by atoms with Crippen molar-refractivity contribution >= 4 is 43.4 Å². The van der Waals surface area contributed by atoms with Crippen molar-refractivity contribution in [3.63, 3.8) is 0 Å². The first-order valence-corrected chi connectivity index (χ1v) is 13.7. The van der Waals surface area contributed by atoms with Gasteiger partial charge < -0.3 is 14.7 Å². The number of hydrogen-bond acceptors (Lipinski definition) is 7. The SMILES string of the molecule is CN(C)S(=O)(=O)c1ccc(/C(O)=C2/C(=O)C(=O)N(CCN3CCOCC3)C2c2cccc(Br)c2)cc1. The number of amides is 1. The quantitative estimate of drug-likeness (QED) is 0.306. The van der Waals surface area contributed by atoms with Gasteiger partial charge in [-0.25, -0.2) is 12.7 Å². The van der Waals surface area contributed by atoms with E-state index in [0.29, 0.717) is 31.9 Å². The molecular weight excluding hydrogens is 550 g/mol. The third kappa shape index (κ3) is 5.25. The van der Waals surface area contributed by atoms with Crippen LogP contribution in [0.25, 0.3) is 5.76 Å². The van der Waals surface area contributed by atoms with Gasteiger partial charge in [0.15, 0.2) is 0 Å². The van der Waals surface area contributed by atoms with Gasteiger partial charge in [0, 0.05) is 50.3 Å². The smallest absolute Gasteiger partial charge is 0.295 e. The van der Waals surface area contributed by atoms with Crippen LogP contribution >= 0.6 is 15.9 Å². The number of carbonyl (C=O) groups is 2. The fourth-order valence-electron chi connectivity index (χ4n) is 4.36. The van der Waals surface area contributed by atoms with Crippen molar-refractivity contribution in [3.05, 3.63) is 69.7 Å². The Labute approximate surface area is 219 Å². The molecule has 2 aromatic rings. The number of benzene rings is 2. The standard InChI is InChI=1S/C25H28BrN3O6S/c1-27(2)36(33,34)20-8-6-17(7-9-20)23(30)21-22(18-4-3-5-19(26)16-18)29(25(32)24(21)31)11-10-28-12-14-35-15-13-28/h3-9,16,22,30H,10-15H2,1-2H3/b23-21-. The number of ether oxygens (including phenoxy) is 1. The fourth-order valence-corrected chi connectivity index (χ4v) is 5.68. The highest BCUT2D eigenvalue weighted by Gasteiger charge is 2.46. The molecule has 2 saturated heterocycles. The van der Waals surface area contributed by atoms with Crippen molar-refractivity contribution in [3.8, 4) is 0 Å². The number of carbonyl (C=O) groups excluding carboxylic acids is 2. The van der Waals surface area contributed by atoms with Gasteiger partial charge in [0.25, 0.3) is 11.7 Å². The summed E-state index contributed by atoms with van der Waals surface area (Å²) in [7, 11) is -0.795. The van der Waals surface area contributed by atoms with Crippen molar-refractivity contribution in [1.29, 1.82) is 0 Å². The minimum absolute atomic E-state index is 0.0247. The van der Waals surface area contributed by atoms with E-state index in [1.807, 2.05) is 24.3 Å². The molecule has 4 rings (SSSR count). The number of aliphatic hydroxyl groups is 1. The lowest BCUT2D eigenvalue weighted by molar-refractivity contribution is -0.140. The number of halogens is 1. The molecule has 1 unspecified atom stereocenters. The minimum atomic E-state index is -3.66. The number of aliphatic hydroxyl groups excluding tert-OH is 1. The van der Waals surface area contributed by atoms with Crippen molar-refractivity contribution in [2.24, 2.45) is 0 Å². The first-order valence-electron chi connectivity index (χ1n) is 11.5. The molecule has 2 aliphatic rings. The second-order valence-corrected chi connectivity index (χ2v) is 11.9. The zero-order valence-electron chi connectivity index (χ0n) is 20.1. The van der Waals surface area contributed by atoms with E-state index in [9.17, 15) is 23.1 Å². The number of sulfonamides is 1. The van der Waals surface area contributed by atoms with E-state index in [0.717, 1.165) is 21.9 Å². The Kier molecular flexibility index (Phi) is 7.96. The summed E-state index contributed by atoms with van der Waals surface area (Å²) < 4.78 is 32.1. The first kappa shape index (κ1) is 26.5. The Balaban J connectivity index is 1.73. The summed E-state index contributed by atoms with van der Waals surface area (Å²) in [5.74, 6) is -1.80. The monoisotopic (exact) mass is 577 g/mol. The average Bonchev–Trinajstić information content (AvgIpc) is 3.12. The molecule has 9 nitrogen and oxygen atoms in total. The molecule has 1 N–H and O–H groups in total. The summed E-state index contributed by atoms with van der Waals surface area (Å²) in [5.41, 5.74) is 0.904. The van der Waals surface area contributed by atoms with Gasteiger partial charge in [-0.2, -0.15) is 0 Å². The lowest BCUT2D eigenvalue weighted by Gasteiger charge is -2.31. The van der Waals surface area contributed by atoms with Crippen LogP contribution in [0.3, 0.4) is 0 Å². The Morgan fingerprint density at radius 3 is 2.36 bits per heavy atom. The largest absolute Gasteiger partial charge is 0.507 e. The van der Waals surface area contributed by atoms with Crippen LogP contribution in [-0.2, 0) is 24.3 Å². The molecule has 192 valence electrons. The van der Waals surface area contributed by atoms with Crippen molar-refractivity contribution in [2.45, 2.75) is 10.9 Å². The first-order chi connectivity index (χ1) is 17.1. The zero-order valence-corrected chi connectivity index (χ0v) is 22.5. The van der Waals surface area contributed by atoms with Gasteiger partial charge in [-0.3, -0.25) is 14.5 Å². The van der Waals surface area contributed by atoms with Crippen molar-refractivity contribution in [1.82, 2.24) is 14.1 Å². The van der Waals surface area contributed by atoms with Crippen molar-refractivity contribution < 1.29 is 27.9 Å². The molecule has 11 heteroatoms. The van der Waals surface area contributed by atoms with Crippen LogP contribution in [-0.4, -0.2) is 92.8 Å². The number of nitrogens with zero attached hydrogens (tertiary/aromatic N) is 3. The molecular formula is C25H28BrN3O6S. The highest BCUT2D eigenvalue weighted by atomic mass is 79.9. The molecule has 1 atom stereocenters. The van der Waals surface area contributed by atoms with Crippen LogP contribution in [0.1, 0.15) is 17.2 Å². The van der Waals surface area contributed by atoms with Gasteiger partial charge in [-0.05, 0) is 42.0 Å². The number of likely N-dealkylation sites (tertiary alicyclic amines) is 1. The fraction of sp³-hybridized carbons (Fsp3) is 0.360. The van der Waals surface area contributed by atoms with Gasteiger partial charge >= 0.3 is 0 Å². The predicted molar refractivity (Wildman–Crippen MR) is 138 cm³/mol. The summed E-state index contributed by atoms with van der Waals surface area (Å²) in [6.45, 7) is 3.60. The zero-order chi connectivity index (χ0) is 26.0. The average molecular weight is 578 g/mol. The predicted octanol–water partition coefficient (Wildman–Crippen LogP) is 2.45. The van der Waals surface area contributed by atoms with Gasteiger partial charge in [0.05, 0.1) is 29.7 Å². The van der Waals surface area contributed by atoms with Gasteiger partial charge in [0.1, 0.15) is 5.76 Å². The lowest BCUT2D eigenvalue weighted by Crippen LogP contribution is -2.42. The molecule has 0 radical (unpaired) electrons. The molecule has 2 fully saturated rings. The Bertz CT molecular complexity index is 1290.